The van der Waals surface area contributed by atoms with Crippen LogP contribution in [-0.2, 0) is 21.3 Å². The van der Waals surface area contributed by atoms with Crippen molar-refractivity contribution in [2.45, 2.75) is 30.8 Å². The van der Waals surface area contributed by atoms with Gasteiger partial charge in [0.25, 0.3) is 0 Å². The normalized spacial score (nSPS) is 12.7. The number of aromatic nitrogens is 1. The van der Waals surface area contributed by atoms with E-state index < -0.39 is 15.6 Å². The molecule has 0 radical (unpaired) electrons. The Bertz CT molecular complexity index is 483. The highest BCUT2D eigenvalue weighted by atomic mass is 32.2. The number of nitrogens with two attached hydrogens (primary N) is 1. The van der Waals surface area contributed by atoms with Gasteiger partial charge in [-0.05, 0) is 26.0 Å². The Labute approximate surface area is 108 Å². The maximum absolute atomic E-state index is 12.1. The van der Waals surface area contributed by atoms with Crippen molar-refractivity contribution in [1.29, 1.82) is 0 Å². The topological polar surface area (TPSA) is 94.3 Å². The Morgan fingerprint density at radius 2 is 2.11 bits per heavy atom. The monoisotopic (exact) mass is 273 g/mol. The summed E-state index contributed by atoms with van der Waals surface area (Å²) in [6.45, 7) is 4.05. The smallest absolute Gasteiger partial charge is 0.242 e. The van der Waals surface area contributed by atoms with E-state index >= 15 is 0 Å². The molecule has 7 heteroatoms. The van der Waals surface area contributed by atoms with Crippen LogP contribution in [0.25, 0.3) is 0 Å². The average molecular weight is 273 g/mol. The first-order valence-corrected chi connectivity index (χ1v) is 6.97. The molecule has 1 aromatic heterocycles. The summed E-state index contributed by atoms with van der Waals surface area (Å²) < 4.78 is 31.7. The maximum atomic E-state index is 12.1. The van der Waals surface area contributed by atoms with Crippen LogP contribution in [0.5, 0.6) is 0 Å². The van der Waals surface area contributed by atoms with E-state index in [-0.39, 0.29) is 18.0 Å². The summed E-state index contributed by atoms with van der Waals surface area (Å²) in [6, 6.07) is 3.08. The summed E-state index contributed by atoms with van der Waals surface area (Å²) in [6.07, 6.45) is 1.30. The molecule has 102 valence electrons. The van der Waals surface area contributed by atoms with E-state index in [1.54, 1.807) is 19.9 Å². The Morgan fingerprint density at radius 1 is 1.44 bits per heavy atom. The number of pyridine rings is 1. The van der Waals surface area contributed by atoms with E-state index in [1.165, 1.54) is 19.4 Å². The van der Waals surface area contributed by atoms with Crippen LogP contribution in [0.4, 0.5) is 0 Å². The number of hydrogen-bond donors (Lipinski definition) is 2. The summed E-state index contributed by atoms with van der Waals surface area (Å²) >= 11 is 0. The van der Waals surface area contributed by atoms with Crippen LogP contribution in [0.1, 0.15) is 19.5 Å². The predicted molar refractivity (Wildman–Crippen MR) is 68.4 cm³/mol. The lowest BCUT2D eigenvalue weighted by atomic mass is 10.1. The van der Waals surface area contributed by atoms with E-state index in [9.17, 15) is 8.42 Å². The van der Waals surface area contributed by atoms with Crippen LogP contribution in [0.3, 0.4) is 0 Å². The largest absolute Gasteiger partial charge is 0.383 e. The van der Waals surface area contributed by atoms with Gasteiger partial charge in [0, 0.05) is 19.9 Å². The summed E-state index contributed by atoms with van der Waals surface area (Å²) in [7, 11) is -2.08. The molecule has 0 amide bonds. The van der Waals surface area contributed by atoms with Crippen molar-refractivity contribution >= 4 is 10.0 Å². The first kappa shape index (κ1) is 15.0. The molecular formula is C11H19N3O3S. The molecule has 1 aromatic rings. The molecule has 0 bridgehead atoms. The Balaban J connectivity index is 2.92. The third-order valence-corrected chi connectivity index (χ3v) is 3.92. The van der Waals surface area contributed by atoms with Crippen LogP contribution in [0, 0.1) is 0 Å². The third-order valence-electron chi connectivity index (χ3n) is 2.23. The van der Waals surface area contributed by atoms with E-state index in [1.807, 2.05) is 0 Å². The van der Waals surface area contributed by atoms with Gasteiger partial charge in [-0.3, -0.25) is 4.98 Å². The zero-order valence-electron chi connectivity index (χ0n) is 10.8. The Kier molecular flexibility index (Phi) is 4.80. The molecule has 3 N–H and O–H groups in total. The van der Waals surface area contributed by atoms with Crippen molar-refractivity contribution in [1.82, 2.24) is 9.71 Å². The van der Waals surface area contributed by atoms with Gasteiger partial charge in [0.05, 0.1) is 17.8 Å². The quantitative estimate of drug-likeness (QED) is 0.774. The summed E-state index contributed by atoms with van der Waals surface area (Å²) in [5.74, 6) is 0. The van der Waals surface area contributed by atoms with Gasteiger partial charge in [0.1, 0.15) is 4.90 Å². The van der Waals surface area contributed by atoms with Crippen LogP contribution in [0.15, 0.2) is 23.2 Å². The fourth-order valence-corrected chi connectivity index (χ4v) is 2.85. The van der Waals surface area contributed by atoms with Crippen molar-refractivity contribution in [3.05, 3.63) is 24.0 Å². The molecule has 0 aliphatic heterocycles. The van der Waals surface area contributed by atoms with Gasteiger partial charge in [-0.1, -0.05) is 0 Å². The molecule has 18 heavy (non-hydrogen) atoms. The molecule has 1 heterocycles. The minimum atomic E-state index is -3.60. The number of nitrogens with one attached hydrogen (secondary N) is 1. The zero-order chi connectivity index (χ0) is 13.8. The number of ether oxygens (including phenoxy) is 1. The number of hydrogen-bond acceptors (Lipinski definition) is 5. The summed E-state index contributed by atoms with van der Waals surface area (Å²) in [5.41, 5.74) is 5.37. The second-order valence-corrected chi connectivity index (χ2v) is 6.29. The van der Waals surface area contributed by atoms with Crippen LogP contribution >= 0.6 is 0 Å². The molecule has 1 rings (SSSR count). The van der Waals surface area contributed by atoms with Crippen LogP contribution in [0.2, 0.25) is 0 Å². The highest BCUT2D eigenvalue weighted by Gasteiger charge is 2.26. The van der Waals surface area contributed by atoms with Gasteiger partial charge in [0.2, 0.25) is 10.0 Å². The number of nitrogens with zero attached hydrogens (tertiary/aromatic N) is 1. The minimum Gasteiger partial charge on any atom is -0.383 e. The second kappa shape index (κ2) is 5.75. The van der Waals surface area contributed by atoms with Gasteiger partial charge < -0.3 is 10.5 Å². The van der Waals surface area contributed by atoms with Gasteiger partial charge in [-0.15, -0.1) is 0 Å². The SMILES string of the molecule is COCC(C)(C)NS(=O)(=O)c1ccc(CN)nc1. The summed E-state index contributed by atoms with van der Waals surface area (Å²) in [4.78, 5) is 4.08. The van der Waals surface area contributed by atoms with Gasteiger partial charge in [-0.2, -0.15) is 0 Å². The van der Waals surface area contributed by atoms with Crippen molar-refractivity contribution in [2.75, 3.05) is 13.7 Å². The number of sulfonamides is 1. The fraction of sp³-hybridized carbons (Fsp3) is 0.545. The number of rotatable bonds is 6. The lowest BCUT2D eigenvalue weighted by Crippen LogP contribution is -2.46. The highest BCUT2D eigenvalue weighted by Crippen LogP contribution is 2.12. The molecule has 0 aliphatic carbocycles. The van der Waals surface area contributed by atoms with Crippen LogP contribution in [-0.4, -0.2) is 32.7 Å². The van der Waals surface area contributed by atoms with Gasteiger partial charge in [-0.25, -0.2) is 13.1 Å². The lowest BCUT2D eigenvalue weighted by Gasteiger charge is -2.24. The predicted octanol–water partition coefficient (Wildman–Crippen LogP) is 0.244. The molecule has 0 atom stereocenters. The van der Waals surface area contributed by atoms with Gasteiger partial charge >= 0.3 is 0 Å². The van der Waals surface area contributed by atoms with Crippen molar-refractivity contribution < 1.29 is 13.2 Å². The Hall–Kier alpha value is -1.02. The Morgan fingerprint density at radius 3 is 2.56 bits per heavy atom. The van der Waals surface area contributed by atoms with Crippen molar-refractivity contribution in [2.24, 2.45) is 5.73 Å². The molecule has 0 aliphatic rings. The van der Waals surface area contributed by atoms with Gasteiger partial charge in [0.15, 0.2) is 0 Å². The molecule has 0 unspecified atom stereocenters. The van der Waals surface area contributed by atoms with E-state index in [4.69, 9.17) is 10.5 Å². The zero-order valence-corrected chi connectivity index (χ0v) is 11.6. The molecule has 0 spiro atoms. The molecule has 0 saturated carbocycles. The fourth-order valence-electron chi connectivity index (χ4n) is 1.50. The van der Waals surface area contributed by atoms with E-state index in [0.717, 1.165) is 0 Å². The average Bonchev–Trinajstić information content (AvgIpc) is 2.27. The lowest BCUT2D eigenvalue weighted by molar-refractivity contribution is 0.141. The second-order valence-electron chi connectivity index (χ2n) is 4.61. The van der Waals surface area contributed by atoms with E-state index in [0.29, 0.717) is 5.69 Å². The summed E-state index contributed by atoms with van der Waals surface area (Å²) in [5, 5.41) is 0. The minimum absolute atomic E-state index is 0.115. The van der Waals surface area contributed by atoms with E-state index in [2.05, 4.69) is 9.71 Å². The number of methoxy groups -OCH3 is 1. The van der Waals surface area contributed by atoms with Crippen molar-refractivity contribution in [3.8, 4) is 0 Å². The first-order chi connectivity index (χ1) is 8.30. The molecule has 0 fully saturated rings. The maximum Gasteiger partial charge on any atom is 0.242 e. The molecule has 6 nitrogen and oxygen atoms in total. The standard InChI is InChI=1S/C11H19N3O3S/c1-11(2,8-17-3)14-18(15,16)10-5-4-9(6-12)13-7-10/h4-5,7,14H,6,8,12H2,1-3H3. The molecular weight excluding hydrogens is 254 g/mol. The van der Waals surface area contributed by atoms with Crippen LogP contribution < -0.4 is 10.5 Å². The first-order valence-electron chi connectivity index (χ1n) is 5.49. The van der Waals surface area contributed by atoms with Crippen molar-refractivity contribution in [3.63, 3.8) is 0 Å². The molecule has 0 aromatic carbocycles. The third kappa shape index (κ3) is 4.02. The highest BCUT2D eigenvalue weighted by molar-refractivity contribution is 7.89. The molecule has 0 saturated heterocycles.